The lowest BCUT2D eigenvalue weighted by Gasteiger charge is -2.13. The third-order valence-corrected chi connectivity index (χ3v) is 2.47. The Morgan fingerprint density at radius 1 is 1.47 bits per heavy atom. The van der Waals surface area contributed by atoms with Crippen LogP contribution in [0.2, 0.25) is 0 Å². The maximum Gasteiger partial charge on any atom is 0.305 e. The lowest BCUT2D eigenvalue weighted by molar-refractivity contribution is -0.137. The van der Waals surface area contributed by atoms with Gasteiger partial charge in [-0.1, -0.05) is 12.1 Å². The van der Waals surface area contributed by atoms with Crippen molar-refractivity contribution >= 4 is 18.0 Å². The summed E-state index contributed by atoms with van der Waals surface area (Å²) in [5, 5.41) is 17.3. The van der Waals surface area contributed by atoms with Crippen LogP contribution in [0.5, 0.6) is 0 Å². The predicted octanol–water partition coefficient (Wildman–Crippen LogP) is 1.50. The van der Waals surface area contributed by atoms with Crippen molar-refractivity contribution in [2.75, 3.05) is 13.6 Å². The van der Waals surface area contributed by atoms with Crippen LogP contribution < -0.4 is 0 Å². The Bertz CT molecular complexity index is 544. The van der Waals surface area contributed by atoms with Gasteiger partial charge in [-0.2, -0.15) is 5.26 Å². The van der Waals surface area contributed by atoms with Gasteiger partial charge in [-0.15, -0.1) is 0 Å². The number of aliphatic carboxylic acids is 1. The minimum absolute atomic E-state index is 0.0833. The molecule has 0 radical (unpaired) electrons. The number of carboxylic acid groups (broad SMARTS) is 1. The lowest BCUT2D eigenvalue weighted by Crippen LogP contribution is -2.27. The number of rotatable bonds is 5. The summed E-state index contributed by atoms with van der Waals surface area (Å²) in [5.74, 6) is -1.21. The van der Waals surface area contributed by atoms with E-state index >= 15 is 0 Å². The molecule has 1 N–H and O–H groups in total. The van der Waals surface area contributed by atoms with E-state index in [1.165, 1.54) is 11.0 Å². The molecule has 1 aromatic rings. The van der Waals surface area contributed by atoms with Crippen molar-refractivity contribution < 1.29 is 14.7 Å². The zero-order valence-electron chi connectivity index (χ0n) is 10.5. The van der Waals surface area contributed by atoms with Crippen LogP contribution in [0.4, 0.5) is 0 Å². The fourth-order valence-corrected chi connectivity index (χ4v) is 1.38. The van der Waals surface area contributed by atoms with Crippen LogP contribution in [0.25, 0.3) is 6.08 Å². The Kier molecular flexibility index (Phi) is 5.30. The number of likely N-dealkylation sites (N-methyl/N-ethyl adjacent to an activating group) is 1. The van der Waals surface area contributed by atoms with E-state index in [-0.39, 0.29) is 18.9 Å². The van der Waals surface area contributed by atoms with E-state index in [1.807, 2.05) is 6.07 Å². The van der Waals surface area contributed by atoms with Crippen molar-refractivity contribution in [3.63, 3.8) is 0 Å². The number of carboxylic acids is 1. The van der Waals surface area contributed by atoms with E-state index in [2.05, 4.69) is 0 Å². The summed E-state index contributed by atoms with van der Waals surface area (Å²) < 4.78 is 0. The van der Waals surface area contributed by atoms with Gasteiger partial charge >= 0.3 is 5.97 Å². The van der Waals surface area contributed by atoms with E-state index in [0.29, 0.717) is 5.56 Å². The Labute approximate surface area is 111 Å². The first kappa shape index (κ1) is 14.5. The number of nitrogens with zero attached hydrogens (tertiary/aromatic N) is 2. The predicted molar refractivity (Wildman–Crippen MR) is 70.1 cm³/mol. The summed E-state index contributed by atoms with van der Waals surface area (Å²) >= 11 is 0. The lowest BCUT2D eigenvalue weighted by atomic mass is 10.1. The molecule has 0 aliphatic carbocycles. The average molecular weight is 258 g/mol. The molecule has 0 aliphatic heterocycles. The summed E-state index contributed by atoms with van der Waals surface area (Å²) in [6.45, 7) is 0.163. The summed E-state index contributed by atoms with van der Waals surface area (Å²) in [7, 11) is 1.54. The molecule has 0 fully saturated rings. The average Bonchev–Trinajstić information content (AvgIpc) is 2.42. The van der Waals surface area contributed by atoms with Gasteiger partial charge in [-0.25, -0.2) is 0 Å². The summed E-state index contributed by atoms with van der Waals surface area (Å²) in [6.07, 6.45) is 2.87. The largest absolute Gasteiger partial charge is 0.481 e. The number of hydrogen-bond donors (Lipinski definition) is 1. The zero-order chi connectivity index (χ0) is 14.3. The molecule has 1 rings (SSSR count). The molecule has 0 aliphatic rings. The second kappa shape index (κ2) is 6.97. The van der Waals surface area contributed by atoms with E-state index in [0.717, 1.165) is 5.56 Å². The third-order valence-electron chi connectivity index (χ3n) is 2.47. The van der Waals surface area contributed by atoms with Crippen molar-refractivity contribution in [3.05, 3.63) is 41.5 Å². The minimum atomic E-state index is -0.939. The normalized spacial score (nSPS) is 10.1. The molecule has 0 saturated carbocycles. The number of hydrogen-bond acceptors (Lipinski definition) is 3. The Morgan fingerprint density at radius 3 is 2.84 bits per heavy atom. The minimum Gasteiger partial charge on any atom is -0.481 e. The SMILES string of the molecule is CN(CCC(=O)O)C(=O)C=Cc1cccc(C#N)c1. The fourth-order valence-electron chi connectivity index (χ4n) is 1.38. The molecule has 0 unspecified atom stereocenters. The first-order chi connectivity index (χ1) is 9.02. The molecule has 5 nitrogen and oxygen atoms in total. The molecule has 0 atom stereocenters. The van der Waals surface area contributed by atoms with Gasteiger partial charge < -0.3 is 10.0 Å². The van der Waals surface area contributed by atoms with Gasteiger partial charge in [-0.05, 0) is 23.8 Å². The van der Waals surface area contributed by atoms with Crippen LogP contribution in [0.15, 0.2) is 30.3 Å². The summed E-state index contributed by atoms with van der Waals surface area (Å²) in [6, 6.07) is 8.88. The molecule has 0 aromatic heterocycles. The van der Waals surface area contributed by atoms with E-state index < -0.39 is 5.97 Å². The Balaban J connectivity index is 2.62. The van der Waals surface area contributed by atoms with Crippen LogP contribution in [-0.2, 0) is 9.59 Å². The Morgan fingerprint density at radius 2 is 2.21 bits per heavy atom. The summed E-state index contributed by atoms with van der Waals surface area (Å²) in [4.78, 5) is 23.4. The highest BCUT2D eigenvalue weighted by molar-refractivity contribution is 5.91. The standard InChI is InChI=1S/C14H14N2O3/c1-16(8-7-14(18)19)13(17)6-5-11-3-2-4-12(9-11)10-15/h2-6,9H,7-8H2,1H3,(H,18,19). The zero-order valence-corrected chi connectivity index (χ0v) is 10.5. The number of amides is 1. The molecule has 0 heterocycles. The van der Waals surface area contributed by atoms with Crippen molar-refractivity contribution in [1.82, 2.24) is 4.90 Å². The topological polar surface area (TPSA) is 81.4 Å². The smallest absolute Gasteiger partial charge is 0.305 e. The fraction of sp³-hybridized carbons (Fsp3) is 0.214. The third kappa shape index (κ3) is 5.04. The first-order valence-corrected chi connectivity index (χ1v) is 5.68. The molecule has 19 heavy (non-hydrogen) atoms. The highest BCUT2D eigenvalue weighted by atomic mass is 16.4. The van der Waals surface area contributed by atoms with E-state index in [1.54, 1.807) is 37.4 Å². The van der Waals surface area contributed by atoms with Gasteiger partial charge in [0.25, 0.3) is 0 Å². The van der Waals surface area contributed by atoms with Gasteiger partial charge in [0.1, 0.15) is 0 Å². The maximum atomic E-state index is 11.7. The molecule has 0 saturated heterocycles. The van der Waals surface area contributed by atoms with Crippen molar-refractivity contribution in [2.45, 2.75) is 6.42 Å². The van der Waals surface area contributed by atoms with Crippen LogP contribution in [0.1, 0.15) is 17.5 Å². The molecule has 98 valence electrons. The molecule has 1 aromatic carbocycles. The quantitative estimate of drug-likeness (QED) is 0.811. The monoisotopic (exact) mass is 258 g/mol. The maximum absolute atomic E-state index is 11.7. The van der Waals surface area contributed by atoms with Gasteiger partial charge in [0.2, 0.25) is 5.91 Å². The van der Waals surface area contributed by atoms with Gasteiger partial charge in [-0.3, -0.25) is 9.59 Å². The van der Waals surface area contributed by atoms with Crippen molar-refractivity contribution in [3.8, 4) is 6.07 Å². The molecule has 0 spiro atoms. The van der Waals surface area contributed by atoms with Crippen molar-refractivity contribution in [1.29, 1.82) is 5.26 Å². The molecule has 1 amide bonds. The Hall–Kier alpha value is -2.61. The summed E-state index contributed by atoms with van der Waals surface area (Å²) in [5.41, 5.74) is 1.27. The number of benzene rings is 1. The van der Waals surface area contributed by atoms with Crippen LogP contribution in [0.3, 0.4) is 0 Å². The van der Waals surface area contributed by atoms with Crippen LogP contribution in [-0.4, -0.2) is 35.5 Å². The highest BCUT2D eigenvalue weighted by Crippen LogP contribution is 2.06. The number of carbonyl (C=O) groups excluding carboxylic acids is 1. The van der Waals surface area contributed by atoms with Gasteiger partial charge in [0.05, 0.1) is 18.1 Å². The van der Waals surface area contributed by atoms with E-state index in [9.17, 15) is 9.59 Å². The van der Waals surface area contributed by atoms with Crippen LogP contribution in [0, 0.1) is 11.3 Å². The van der Waals surface area contributed by atoms with E-state index in [4.69, 9.17) is 10.4 Å². The number of nitriles is 1. The second-order valence-electron chi connectivity index (χ2n) is 3.97. The molecule has 0 bridgehead atoms. The molecule has 5 heteroatoms. The molecular formula is C14H14N2O3. The second-order valence-corrected chi connectivity index (χ2v) is 3.97. The van der Waals surface area contributed by atoms with Gasteiger partial charge in [0, 0.05) is 19.7 Å². The van der Waals surface area contributed by atoms with Crippen LogP contribution >= 0.6 is 0 Å². The number of carbonyl (C=O) groups is 2. The highest BCUT2D eigenvalue weighted by Gasteiger charge is 2.06. The van der Waals surface area contributed by atoms with Gasteiger partial charge in [0.15, 0.2) is 0 Å². The molecular weight excluding hydrogens is 244 g/mol. The first-order valence-electron chi connectivity index (χ1n) is 5.68. The van der Waals surface area contributed by atoms with Crippen molar-refractivity contribution in [2.24, 2.45) is 0 Å².